The van der Waals surface area contributed by atoms with Gasteiger partial charge in [-0.3, -0.25) is 14.5 Å². The van der Waals surface area contributed by atoms with Crippen LogP contribution < -0.4 is 4.90 Å². The Balaban J connectivity index is 1.51. The zero-order valence-corrected chi connectivity index (χ0v) is 16.8. The Morgan fingerprint density at radius 1 is 1.30 bits per heavy atom. The standard InChI is InChI=1S/C21H22N4O5/c1-12(2)18-22-16(30-23-18)11-29-20(28)21-10-9-17(26)25(21)15-6-4-3-5-14(15)19(27)24(21)13-7-8-13/h3-6,12-13H,7-11H2,1-2H3. The van der Waals surface area contributed by atoms with Crippen LogP contribution in [0.15, 0.2) is 28.8 Å². The predicted octanol–water partition coefficient (Wildman–Crippen LogP) is 2.38. The molecule has 5 rings (SSSR count). The molecule has 9 nitrogen and oxygen atoms in total. The van der Waals surface area contributed by atoms with Gasteiger partial charge in [-0.05, 0) is 25.0 Å². The maximum absolute atomic E-state index is 13.5. The molecule has 1 aromatic heterocycles. The van der Waals surface area contributed by atoms with E-state index in [1.54, 1.807) is 29.2 Å². The molecule has 0 N–H and O–H groups in total. The van der Waals surface area contributed by atoms with E-state index in [2.05, 4.69) is 10.1 Å². The number of para-hydroxylation sites is 1. The number of rotatable bonds is 5. The second-order valence-corrected chi connectivity index (χ2v) is 8.25. The molecule has 156 valence electrons. The second-order valence-electron chi connectivity index (χ2n) is 8.25. The number of hydrogen-bond donors (Lipinski definition) is 0. The fourth-order valence-corrected chi connectivity index (χ4v) is 4.32. The molecule has 0 radical (unpaired) electrons. The molecule has 30 heavy (non-hydrogen) atoms. The van der Waals surface area contributed by atoms with E-state index in [0.29, 0.717) is 17.1 Å². The van der Waals surface area contributed by atoms with E-state index < -0.39 is 11.6 Å². The van der Waals surface area contributed by atoms with Gasteiger partial charge in [-0.2, -0.15) is 4.98 Å². The largest absolute Gasteiger partial charge is 0.452 e. The molecule has 1 saturated carbocycles. The molecule has 2 amide bonds. The van der Waals surface area contributed by atoms with Crippen molar-refractivity contribution in [3.8, 4) is 0 Å². The number of nitrogens with zero attached hydrogens (tertiary/aromatic N) is 4. The van der Waals surface area contributed by atoms with Crippen LogP contribution in [0.5, 0.6) is 0 Å². The number of benzene rings is 1. The van der Waals surface area contributed by atoms with E-state index in [4.69, 9.17) is 9.26 Å². The van der Waals surface area contributed by atoms with E-state index in [1.165, 1.54) is 4.90 Å². The van der Waals surface area contributed by atoms with E-state index in [1.807, 2.05) is 13.8 Å². The Bertz CT molecular complexity index is 1040. The Labute approximate surface area is 173 Å². The van der Waals surface area contributed by atoms with Crippen LogP contribution in [0.3, 0.4) is 0 Å². The van der Waals surface area contributed by atoms with Crippen molar-refractivity contribution < 1.29 is 23.6 Å². The normalized spacial score (nSPS) is 23.0. The lowest BCUT2D eigenvalue weighted by atomic mass is 9.96. The summed E-state index contributed by atoms with van der Waals surface area (Å²) in [4.78, 5) is 46.9. The number of fused-ring (bicyclic) bond motifs is 3. The first-order valence-electron chi connectivity index (χ1n) is 10.2. The summed E-state index contributed by atoms with van der Waals surface area (Å²) in [6, 6.07) is 6.83. The van der Waals surface area contributed by atoms with Crippen molar-refractivity contribution in [2.45, 2.75) is 63.8 Å². The maximum Gasteiger partial charge on any atom is 0.354 e. The van der Waals surface area contributed by atoms with Gasteiger partial charge < -0.3 is 14.2 Å². The number of carbonyl (C=O) groups is 3. The van der Waals surface area contributed by atoms with Crippen LogP contribution in [0.2, 0.25) is 0 Å². The van der Waals surface area contributed by atoms with Gasteiger partial charge in [0, 0.05) is 24.8 Å². The molecule has 2 aliphatic heterocycles. The highest BCUT2D eigenvalue weighted by Crippen LogP contribution is 2.49. The molecular formula is C21H22N4O5. The summed E-state index contributed by atoms with van der Waals surface area (Å²) in [5, 5.41) is 3.87. The van der Waals surface area contributed by atoms with Crippen molar-refractivity contribution in [2.24, 2.45) is 0 Å². The van der Waals surface area contributed by atoms with Gasteiger partial charge in [0.25, 0.3) is 11.8 Å². The van der Waals surface area contributed by atoms with Gasteiger partial charge in [0.1, 0.15) is 0 Å². The molecule has 1 unspecified atom stereocenters. The molecule has 1 saturated heterocycles. The number of amides is 2. The Kier molecular flexibility index (Phi) is 4.16. The minimum atomic E-state index is -1.47. The fraction of sp³-hybridized carbons (Fsp3) is 0.476. The molecule has 3 aliphatic rings. The molecule has 2 aromatic rings. The van der Waals surface area contributed by atoms with Crippen LogP contribution in [0, 0.1) is 0 Å². The summed E-state index contributed by atoms with van der Waals surface area (Å²) in [5.74, 6) is -0.295. The van der Waals surface area contributed by atoms with Gasteiger partial charge in [0.2, 0.25) is 11.6 Å². The molecular weight excluding hydrogens is 388 g/mol. The minimum Gasteiger partial charge on any atom is -0.452 e. The van der Waals surface area contributed by atoms with E-state index in [9.17, 15) is 14.4 Å². The molecule has 1 aliphatic carbocycles. The number of carbonyl (C=O) groups excluding carboxylic acids is 3. The first kappa shape index (κ1) is 18.8. The summed E-state index contributed by atoms with van der Waals surface area (Å²) < 4.78 is 10.7. The fourth-order valence-electron chi connectivity index (χ4n) is 4.32. The Morgan fingerprint density at radius 3 is 2.77 bits per heavy atom. The van der Waals surface area contributed by atoms with Crippen LogP contribution in [-0.2, 0) is 20.9 Å². The monoisotopic (exact) mass is 410 g/mol. The van der Waals surface area contributed by atoms with Gasteiger partial charge in [-0.1, -0.05) is 31.1 Å². The highest BCUT2D eigenvalue weighted by molar-refractivity contribution is 6.15. The average molecular weight is 410 g/mol. The summed E-state index contributed by atoms with van der Waals surface area (Å²) >= 11 is 0. The van der Waals surface area contributed by atoms with Gasteiger partial charge in [-0.25, -0.2) is 4.79 Å². The molecule has 9 heteroatoms. The van der Waals surface area contributed by atoms with Gasteiger partial charge >= 0.3 is 5.97 Å². The molecule has 2 fully saturated rings. The van der Waals surface area contributed by atoms with Crippen molar-refractivity contribution in [2.75, 3.05) is 4.90 Å². The van der Waals surface area contributed by atoms with Crippen LogP contribution in [0.1, 0.15) is 67.5 Å². The first-order chi connectivity index (χ1) is 14.4. The maximum atomic E-state index is 13.5. The lowest BCUT2D eigenvalue weighted by Crippen LogP contribution is -2.69. The van der Waals surface area contributed by atoms with Crippen LogP contribution >= 0.6 is 0 Å². The molecule has 1 atom stereocenters. The molecule has 3 heterocycles. The van der Waals surface area contributed by atoms with Gasteiger partial charge in [-0.15, -0.1) is 0 Å². The van der Waals surface area contributed by atoms with Crippen molar-refractivity contribution in [3.05, 3.63) is 41.5 Å². The average Bonchev–Trinajstić information content (AvgIpc) is 3.33. The number of anilines is 1. The molecule has 0 bridgehead atoms. The third-order valence-corrected chi connectivity index (χ3v) is 5.87. The number of hydrogen-bond acceptors (Lipinski definition) is 7. The summed E-state index contributed by atoms with van der Waals surface area (Å²) in [6.07, 6.45) is 1.96. The van der Waals surface area contributed by atoms with Crippen molar-refractivity contribution in [3.63, 3.8) is 0 Å². The zero-order valence-electron chi connectivity index (χ0n) is 16.8. The van der Waals surface area contributed by atoms with E-state index in [0.717, 1.165) is 12.8 Å². The highest BCUT2D eigenvalue weighted by Gasteiger charge is 2.64. The Hall–Kier alpha value is -3.23. The topological polar surface area (TPSA) is 106 Å². The number of esters is 1. The SMILES string of the molecule is CC(C)c1noc(COC(=O)C23CCC(=O)N2c2ccccc2C(=O)N3C2CC2)n1. The summed E-state index contributed by atoms with van der Waals surface area (Å²) in [6.45, 7) is 3.65. The number of ether oxygens (including phenoxy) is 1. The lowest BCUT2D eigenvalue weighted by molar-refractivity contribution is -0.159. The van der Waals surface area contributed by atoms with Crippen molar-refractivity contribution in [1.29, 1.82) is 0 Å². The smallest absolute Gasteiger partial charge is 0.354 e. The lowest BCUT2D eigenvalue weighted by Gasteiger charge is -2.48. The first-order valence-corrected chi connectivity index (χ1v) is 10.2. The quantitative estimate of drug-likeness (QED) is 0.697. The predicted molar refractivity (Wildman–Crippen MR) is 103 cm³/mol. The van der Waals surface area contributed by atoms with Crippen molar-refractivity contribution >= 4 is 23.5 Å². The third-order valence-electron chi connectivity index (χ3n) is 5.87. The van der Waals surface area contributed by atoms with Crippen LogP contribution in [0.4, 0.5) is 5.69 Å². The number of aromatic nitrogens is 2. The van der Waals surface area contributed by atoms with Gasteiger partial charge in [0.15, 0.2) is 12.4 Å². The Morgan fingerprint density at radius 2 is 2.07 bits per heavy atom. The molecule has 1 aromatic carbocycles. The van der Waals surface area contributed by atoms with Crippen molar-refractivity contribution in [1.82, 2.24) is 15.0 Å². The van der Waals surface area contributed by atoms with E-state index in [-0.39, 0.29) is 49.1 Å². The van der Waals surface area contributed by atoms with Crippen LogP contribution in [0.25, 0.3) is 0 Å². The summed E-state index contributed by atoms with van der Waals surface area (Å²) in [5.41, 5.74) is -0.579. The highest BCUT2D eigenvalue weighted by atomic mass is 16.6. The van der Waals surface area contributed by atoms with E-state index >= 15 is 0 Å². The third kappa shape index (κ3) is 2.64. The minimum absolute atomic E-state index is 0.0808. The second kappa shape index (κ2) is 6.65. The van der Waals surface area contributed by atoms with Crippen LogP contribution in [-0.4, -0.2) is 44.5 Å². The molecule has 0 spiro atoms. The van der Waals surface area contributed by atoms with Gasteiger partial charge in [0.05, 0.1) is 11.3 Å². The zero-order chi connectivity index (χ0) is 21.0. The summed E-state index contributed by atoms with van der Waals surface area (Å²) in [7, 11) is 0.